The fourth-order valence-electron chi connectivity index (χ4n) is 3.72. The molecule has 2 heterocycles. The third-order valence-corrected chi connectivity index (χ3v) is 5.08. The normalized spacial score (nSPS) is 20.7. The highest BCUT2D eigenvalue weighted by Crippen LogP contribution is 2.30. The molecule has 1 aromatic heterocycles. The molecule has 0 bridgehead atoms. The van der Waals surface area contributed by atoms with Crippen molar-refractivity contribution in [3.05, 3.63) is 36.2 Å². The van der Waals surface area contributed by atoms with Gasteiger partial charge in [0.1, 0.15) is 0 Å². The van der Waals surface area contributed by atoms with E-state index in [1.807, 2.05) is 35.2 Å². The highest BCUT2D eigenvalue weighted by molar-refractivity contribution is 5.87. The van der Waals surface area contributed by atoms with Gasteiger partial charge in [0.25, 0.3) is 5.89 Å². The second kappa shape index (κ2) is 7.27. The van der Waals surface area contributed by atoms with Crippen molar-refractivity contribution in [2.75, 3.05) is 6.54 Å². The van der Waals surface area contributed by atoms with Gasteiger partial charge in [0, 0.05) is 24.6 Å². The third kappa shape index (κ3) is 3.47. The number of hydrogen-bond donors (Lipinski definition) is 0. The van der Waals surface area contributed by atoms with E-state index in [0.29, 0.717) is 18.5 Å². The molecule has 2 aromatic rings. The molecule has 0 spiro atoms. The Morgan fingerprint density at radius 2 is 1.96 bits per heavy atom. The molecule has 1 saturated carbocycles. The molecule has 1 aliphatic heterocycles. The molecule has 1 amide bonds. The van der Waals surface area contributed by atoms with Gasteiger partial charge in [-0.15, -0.1) is 10.2 Å². The SMILES string of the molecule is O=C(OCc1nnc(-c2ccccc2)o1)[C@@H]1CC(=O)N(C2CCCC2)C1. The number of hydrogen-bond acceptors (Lipinski definition) is 6. The van der Waals surface area contributed by atoms with Crippen LogP contribution in [0.15, 0.2) is 34.7 Å². The van der Waals surface area contributed by atoms with Crippen LogP contribution in [0.4, 0.5) is 0 Å². The van der Waals surface area contributed by atoms with Crippen molar-refractivity contribution in [1.29, 1.82) is 0 Å². The zero-order chi connectivity index (χ0) is 17.9. The summed E-state index contributed by atoms with van der Waals surface area (Å²) in [5.41, 5.74) is 0.811. The average Bonchev–Trinajstić information content (AvgIpc) is 3.41. The van der Waals surface area contributed by atoms with E-state index in [4.69, 9.17) is 9.15 Å². The van der Waals surface area contributed by atoms with Gasteiger partial charge >= 0.3 is 5.97 Å². The highest BCUT2D eigenvalue weighted by atomic mass is 16.5. The van der Waals surface area contributed by atoms with Crippen molar-refractivity contribution in [2.24, 2.45) is 5.92 Å². The van der Waals surface area contributed by atoms with Crippen LogP contribution in [0.2, 0.25) is 0 Å². The van der Waals surface area contributed by atoms with Crippen molar-refractivity contribution in [3.8, 4) is 11.5 Å². The van der Waals surface area contributed by atoms with E-state index in [0.717, 1.165) is 31.2 Å². The summed E-state index contributed by atoms with van der Waals surface area (Å²) in [4.78, 5) is 26.4. The third-order valence-electron chi connectivity index (χ3n) is 5.08. The average molecular weight is 355 g/mol. The minimum Gasteiger partial charge on any atom is -0.455 e. The lowest BCUT2D eigenvalue weighted by atomic mass is 10.1. The Morgan fingerprint density at radius 3 is 2.73 bits per heavy atom. The second-order valence-electron chi connectivity index (χ2n) is 6.86. The quantitative estimate of drug-likeness (QED) is 0.766. The first-order valence-electron chi connectivity index (χ1n) is 9.04. The molecule has 1 saturated heterocycles. The summed E-state index contributed by atoms with van der Waals surface area (Å²) < 4.78 is 10.8. The number of esters is 1. The maximum atomic E-state index is 12.3. The molecule has 0 radical (unpaired) electrons. The lowest BCUT2D eigenvalue weighted by molar-refractivity contribution is -0.150. The lowest BCUT2D eigenvalue weighted by Crippen LogP contribution is -2.35. The van der Waals surface area contributed by atoms with E-state index < -0.39 is 5.92 Å². The number of likely N-dealkylation sites (tertiary alicyclic amines) is 1. The molecule has 1 aliphatic carbocycles. The predicted molar refractivity (Wildman–Crippen MR) is 91.6 cm³/mol. The summed E-state index contributed by atoms with van der Waals surface area (Å²) in [6.07, 6.45) is 4.62. The maximum absolute atomic E-state index is 12.3. The van der Waals surface area contributed by atoms with Crippen LogP contribution >= 0.6 is 0 Å². The van der Waals surface area contributed by atoms with Crippen LogP contribution in [0.25, 0.3) is 11.5 Å². The van der Waals surface area contributed by atoms with Crippen molar-refractivity contribution in [1.82, 2.24) is 15.1 Å². The topological polar surface area (TPSA) is 85.5 Å². The predicted octanol–water partition coefficient (Wildman–Crippen LogP) is 2.57. The summed E-state index contributed by atoms with van der Waals surface area (Å²) in [5.74, 6) is -0.0878. The summed E-state index contributed by atoms with van der Waals surface area (Å²) >= 11 is 0. The van der Waals surface area contributed by atoms with Crippen molar-refractivity contribution < 1.29 is 18.7 Å². The molecule has 2 aliphatic rings. The minimum absolute atomic E-state index is 0.0583. The van der Waals surface area contributed by atoms with Gasteiger partial charge < -0.3 is 14.1 Å². The fraction of sp³-hybridized carbons (Fsp3) is 0.474. The van der Waals surface area contributed by atoms with Gasteiger partial charge in [0.05, 0.1) is 5.92 Å². The van der Waals surface area contributed by atoms with Crippen LogP contribution in [0.1, 0.15) is 38.0 Å². The molecule has 26 heavy (non-hydrogen) atoms. The van der Waals surface area contributed by atoms with E-state index in [1.165, 1.54) is 0 Å². The Morgan fingerprint density at radius 1 is 1.19 bits per heavy atom. The number of amides is 1. The Kier molecular flexibility index (Phi) is 4.69. The van der Waals surface area contributed by atoms with Gasteiger partial charge in [-0.2, -0.15) is 0 Å². The molecule has 136 valence electrons. The van der Waals surface area contributed by atoms with Gasteiger partial charge in [-0.1, -0.05) is 31.0 Å². The van der Waals surface area contributed by atoms with E-state index in [1.54, 1.807) is 0 Å². The summed E-state index contributed by atoms with van der Waals surface area (Å²) in [6.45, 7) is 0.383. The van der Waals surface area contributed by atoms with Crippen LogP contribution in [-0.2, 0) is 20.9 Å². The molecule has 1 atom stereocenters. The largest absolute Gasteiger partial charge is 0.455 e. The second-order valence-corrected chi connectivity index (χ2v) is 6.86. The minimum atomic E-state index is -0.403. The Labute approximate surface area is 151 Å². The molecule has 0 unspecified atom stereocenters. The number of rotatable bonds is 5. The summed E-state index contributed by atoms with van der Waals surface area (Å²) in [7, 11) is 0. The van der Waals surface area contributed by atoms with Crippen molar-refractivity contribution in [3.63, 3.8) is 0 Å². The first-order chi connectivity index (χ1) is 12.7. The molecule has 4 rings (SSSR count). The molecular formula is C19H21N3O4. The van der Waals surface area contributed by atoms with Crippen LogP contribution in [0, 0.1) is 5.92 Å². The molecule has 1 aromatic carbocycles. The summed E-state index contributed by atoms with van der Waals surface area (Å²) in [5, 5.41) is 7.88. The van der Waals surface area contributed by atoms with Crippen LogP contribution in [0.3, 0.4) is 0 Å². The van der Waals surface area contributed by atoms with Crippen LogP contribution in [-0.4, -0.2) is 39.6 Å². The highest BCUT2D eigenvalue weighted by Gasteiger charge is 2.39. The van der Waals surface area contributed by atoms with Crippen molar-refractivity contribution in [2.45, 2.75) is 44.8 Å². The van der Waals surface area contributed by atoms with Gasteiger partial charge in [-0.25, -0.2) is 0 Å². The van der Waals surface area contributed by atoms with Gasteiger partial charge in [0.15, 0.2) is 6.61 Å². The van der Waals surface area contributed by atoms with Gasteiger partial charge in [-0.3, -0.25) is 9.59 Å². The zero-order valence-electron chi connectivity index (χ0n) is 14.5. The number of aromatic nitrogens is 2. The molecule has 7 nitrogen and oxygen atoms in total. The smallest absolute Gasteiger partial charge is 0.311 e. The standard InChI is InChI=1S/C19H21N3O4/c23-17-10-14(11-22(17)15-8-4-5-9-15)19(24)25-12-16-20-21-18(26-16)13-6-2-1-3-7-13/h1-3,6-7,14-15H,4-5,8-12H2/t14-/m1/s1. The lowest BCUT2D eigenvalue weighted by Gasteiger charge is -2.23. The van der Waals surface area contributed by atoms with Crippen LogP contribution in [0.5, 0.6) is 0 Å². The Hall–Kier alpha value is -2.70. The first-order valence-corrected chi connectivity index (χ1v) is 9.04. The van der Waals surface area contributed by atoms with E-state index >= 15 is 0 Å². The molecular weight excluding hydrogens is 334 g/mol. The molecule has 7 heteroatoms. The van der Waals surface area contributed by atoms with Crippen LogP contribution < -0.4 is 0 Å². The number of nitrogens with zero attached hydrogens (tertiary/aromatic N) is 3. The van der Waals surface area contributed by atoms with E-state index in [-0.39, 0.29) is 30.8 Å². The summed E-state index contributed by atoms with van der Waals surface area (Å²) in [6, 6.07) is 9.69. The maximum Gasteiger partial charge on any atom is 0.311 e. The van der Waals surface area contributed by atoms with Gasteiger partial charge in [-0.05, 0) is 25.0 Å². The molecule has 0 N–H and O–H groups in total. The Balaban J connectivity index is 1.32. The monoisotopic (exact) mass is 355 g/mol. The van der Waals surface area contributed by atoms with Gasteiger partial charge in [0.2, 0.25) is 11.8 Å². The number of ether oxygens (including phenoxy) is 1. The zero-order valence-corrected chi connectivity index (χ0v) is 14.5. The number of benzene rings is 1. The van der Waals surface area contributed by atoms with E-state index in [9.17, 15) is 9.59 Å². The van der Waals surface area contributed by atoms with Crippen molar-refractivity contribution >= 4 is 11.9 Å². The van der Waals surface area contributed by atoms with E-state index in [2.05, 4.69) is 10.2 Å². The Bertz CT molecular complexity index is 783. The first kappa shape index (κ1) is 16.8. The fourth-order valence-corrected chi connectivity index (χ4v) is 3.72. The molecule has 2 fully saturated rings. The number of carbonyl (C=O) groups is 2. The number of carbonyl (C=O) groups excluding carboxylic acids is 2.